The Morgan fingerprint density at radius 2 is 2.14 bits per heavy atom. The fourth-order valence-corrected chi connectivity index (χ4v) is 3.56. The molecule has 2 aliphatic rings. The van der Waals surface area contributed by atoms with Gasteiger partial charge < -0.3 is 14.7 Å². The molecule has 3 rings (SSSR count). The van der Waals surface area contributed by atoms with Crippen LogP contribution in [0, 0.1) is 11.8 Å². The van der Waals surface area contributed by atoms with E-state index in [-0.39, 0.29) is 24.0 Å². The van der Waals surface area contributed by atoms with Gasteiger partial charge >= 0.3 is 0 Å². The number of rotatable bonds is 3. The van der Waals surface area contributed by atoms with Crippen molar-refractivity contribution >= 4 is 5.91 Å². The number of benzene rings is 1. The first-order chi connectivity index (χ1) is 10.0. The van der Waals surface area contributed by atoms with E-state index < -0.39 is 0 Å². The number of carbonyl (C=O) groups excluding carboxylic acids is 1. The molecule has 1 aromatic carbocycles. The van der Waals surface area contributed by atoms with Crippen molar-refractivity contribution in [1.29, 1.82) is 0 Å². The fourth-order valence-electron chi connectivity index (χ4n) is 3.56. The molecule has 114 valence electrons. The molecule has 3 unspecified atom stereocenters. The minimum Gasteiger partial charge on any atom is -0.491 e. The van der Waals surface area contributed by atoms with Crippen LogP contribution in [0.5, 0.6) is 5.75 Å². The molecule has 1 saturated heterocycles. The molecule has 3 atom stereocenters. The van der Waals surface area contributed by atoms with Crippen LogP contribution in [0.3, 0.4) is 0 Å². The van der Waals surface area contributed by atoms with Crippen molar-refractivity contribution in [3.8, 4) is 5.75 Å². The summed E-state index contributed by atoms with van der Waals surface area (Å²) in [5.74, 6) is 1.52. The number of aliphatic hydroxyl groups excluding tert-OH is 1. The number of nitrogens with zero attached hydrogens (tertiary/aromatic N) is 1. The summed E-state index contributed by atoms with van der Waals surface area (Å²) in [6, 6.07) is 7.38. The van der Waals surface area contributed by atoms with E-state index in [1.54, 1.807) is 0 Å². The summed E-state index contributed by atoms with van der Waals surface area (Å²) in [4.78, 5) is 14.5. The Bertz CT molecular complexity index is 529. The summed E-state index contributed by atoms with van der Waals surface area (Å²) in [7, 11) is 0. The molecular formula is C17H23NO3. The lowest BCUT2D eigenvalue weighted by Crippen LogP contribution is -2.31. The zero-order chi connectivity index (χ0) is 15.0. The lowest BCUT2D eigenvalue weighted by Gasteiger charge is -2.19. The van der Waals surface area contributed by atoms with Gasteiger partial charge in [-0.1, -0.05) is 6.07 Å². The van der Waals surface area contributed by atoms with E-state index in [0.29, 0.717) is 18.0 Å². The smallest absolute Gasteiger partial charge is 0.254 e. The van der Waals surface area contributed by atoms with Gasteiger partial charge in [0.2, 0.25) is 0 Å². The third-order valence-electron chi connectivity index (χ3n) is 4.56. The maximum atomic E-state index is 12.6. The molecule has 21 heavy (non-hydrogen) atoms. The lowest BCUT2D eigenvalue weighted by molar-refractivity contribution is 0.0751. The van der Waals surface area contributed by atoms with Crippen LogP contribution in [0.15, 0.2) is 24.3 Å². The molecule has 1 amide bonds. The summed E-state index contributed by atoms with van der Waals surface area (Å²) in [5, 5.41) is 9.95. The van der Waals surface area contributed by atoms with Crippen LogP contribution in [0.25, 0.3) is 0 Å². The van der Waals surface area contributed by atoms with Crippen molar-refractivity contribution in [3.05, 3.63) is 29.8 Å². The summed E-state index contributed by atoms with van der Waals surface area (Å²) < 4.78 is 5.65. The summed E-state index contributed by atoms with van der Waals surface area (Å²) in [6.45, 7) is 5.39. The van der Waals surface area contributed by atoms with Crippen LogP contribution in [0.1, 0.15) is 37.0 Å². The Kier molecular flexibility index (Phi) is 3.89. The molecule has 4 heteroatoms. The number of ether oxygens (including phenoxy) is 1. The third kappa shape index (κ3) is 2.91. The molecule has 1 aliphatic carbocycles. The molecule has 0 radical (unpaired) electrons. The largest absolute Gasteiger partial charge is 0.491 e. The Balaban J connectivity index is 1.71. The predicted molar refractivity (Wildman–Crippen MR) is 80.3 cm³/mol. The van der Waals surface area contributed by atoms with E-state index in [4.69, 9.17) is 4.74 Å². The minimum absolute atomic E-state index is 0.0470. The van der Waals surface area contributed by atoms with E-state index in [9.17, 15) is 9.90 Å². The molecule has 0 spiro atoms. The molecule has 1 N–H and O–H groups in total. The van der Waals surface area contributed by atoms with E-state index in [0.717, 1.165) is 25.1 Å². The van der Waals surface area contributed by atoms with Crippen molar-refractivity contribution in [2.45, 2.75) is 38.9 Å². The van der Waals surface area contributed by atoms with Gasteiger partial charge in [0.25, 0.3) is 5.91 Å². The molecule has 0 aromatic heterocycles. The number of amides is 1. The highest BCUT2D eigenvalue weighted by atomic mass is 16.5. The van der Waals surface area contributed by atoms with Crippen LogP contribution in [0.2, 0.25) is 0 Å². The summed E-state index contributed by atoms with van der Waals surface area (Å²) in [6.07, 6.45) is 1.78. The number of hydrogen-bond acceptors (Lipinski definition) is 3. The van der Waals surface area contributed by atoms with Crippen LogP contribution < -0.4 is 4.74 Å². The zero-order valence-electron chi connectivity index (χ0n) is 12.7. The van der Waals surface area contributed by atoms with Crippen molar-refractivity contribution < 1.29 is 14.6 Å². The van der Waals surface area contributed by atoms with Crippen LogP contribution in [-0.2, 0) is 0 Å². The second-order valence-corrected chi connectivity index (χ2v) is 6.47. The molecule has 1 heterocycles. The molecule has 1 aromatic rings. The predicted octanol–water partition coefficient (Wildman–Crippen LogP) is 2.32. The Morgan fingerprint density at radius 1 is 1.33 bits per heavy atom. The highest BCUT2D eigenvalue weighted by Crippen LogP contribution is 2.38. The number of hydrogen-bond donors (Lipinski definition) is 1. The molecular weight excluding hydrogens is 266 g/mol. The van der Waals surface area contributed by atoms with Gasteiger partial charge in [-0.15, -0.1) is 0 Å². The van der Waals surface area contributed by atoms with Crippen molar-refractivity contribution in [2.24, 2.45) is 11.8 Å². The Hall–Kier alpha value is -1.55. The maximum Gasteiger partial charge on any atom is 0.254 e. The van der Waals surface area contributed by atoms with Gasteiger partial charge in [0.1, 0.15) is 5.75 Å². The Morgan fingerprint density at radius 3 is 2.86 bits per heavy atom. The highest BCUT2D eigenvalue weighted by Gasteiger charge is 2.43. The maximum absolute atomic E-state index is 12.6. The van der Waals surface area contributed by atoms with Gasteiger partial charge in [-0.3, -0.25) is 4.79 Å². The Labute approximate surface area is 125 Å². The van der Waals surface area contributed by atoms with Gasteiger partial charge in [0, 0.05) is 24.6 Å². The fraction of sp³-hybridized carbons (Fsp3) is 0.588. The topological polar surface area (TPSA) is 49.8 Å². The van der Waals surface area contributed by atoms with Crippen molar-refractivity contribution in [3.63, 3.8) is 0 Å². The second-order valence-electron chi connectivity index (χ2n) is 6.47. The van der Waals surface area contributed by atoms with Crippen LogP contribution in [-0.4, -0.2) is 41.2 Å². The van der Waals surface area contributed by atoms with Gasteiger partial charge in [0.05, 0.1) is 12.2 Å². The number of fused-ring (bicyclic) bond motifs is 1. The molecule has 4 nitrogen and oxygen atoms in total. The molecule has 2 fully saturated rings. The first-order valence-corrected chi connectivity index (χ1v) is 7.78. The first-order valence-electron chi connectivity index (χ1n) is 7.78. The zero-order valence-corrected chi connectivity index (χ0v) is 12.7. The number of aliphatic hydroxyl groups is 1. The van der Waals surface area contributed by atoms with E-state index in [1.807, 2.05) is 43.0 Å². The van der Waals surface area contributed by atoms with E-state index >= 15 is 0 Å². The average molecular weight is 289 g/mol. The summed E-state index contributed by atoms with van der Waals surface area (Å²) >= 11 is 0. The normalized spacial score (nSPS) is 28.0. The monoisotopic (exact) mass is 289 g/mol. The van der Waals surface area contributed by atoms with Crippen LogP contribution >= 0.6 is 0 Å². The second kappa shape index (κ2) is 5.68. The van der Waals surface area contributed by atoms with Crippen molar-refractivity contribution in [1.82, 2.24) is 4.90 Å². The van der Waals surface area contributed by atoms with Gasteiger partial charge in [-0.05, 0) is 50.8 Å². The summed E-state index contributed by atoms with van der Waals surface area (Å²) in [5.41, 5.74) is 0.669. The number of carbonyl (C=O) groups is 1. The SMILES string of the molecule is CC(C)Oc1cccc(C(=O)N2CC3CCC(O)C3C2)c1. The quantitative estimate of drug-likeness (QED) is 0.929. The minimum atomic E-state index is -0.233. The molecule has 0 bridgehead atoms. The standard InChI is InChI=1S/C17H23NO3/c1-11(2)21-14-5-3-4-12(8-14)17(20)18-9-13-6-7-16(19)15(13)10-18/h3-5,8,11,13,15-16,19H,6-7,9-10H2,1-2H3. The van der Waals surface area contributed by atoms with Gasteiger partial charge in [-0.2, -0.15) is 0 Å². The highest BCUT2D eigenvalue weighted by molar-refractivity contribution is 5.94. The van der Waals surface area contributed by atoms with E-state index in [2.05, 4.69) is 0 Å². The van der Waals surface area contributed by atoms with Gasteiger partial charge in [0.15, 0.2) is 0 Å². The van der Waals surface area contributed by atoms with Crippen molar-refractivity contribution in [2.75, 3.05) is 13.1 Å². The third-order valence-corrected chi connectivity index (χ3v) is 4.56. The van der Waals surface area contributed by atoms with Crippen LogP contribution in [0.4, 0.5) is 0 Å². The lowest BCUT2D eigenvalue weighted by atomic mass is 10.00. The number of likely N-dealkylation sites (tertiary alicyclic amines) is 1. The van der Waals surface area contributed by atoms with Gasteiger partial charge in [-0.25, -0.2) is 0 Å². The van der Waals surface area contributed by atoms with E-state index in [1.165, 1.54) is 0 Å². The average Bonchev–Trinajstić information content (AvgIpc) is 3.00. The molecule has 1 aliphatic heterocycles. The molecule has 1 saturated carbocycles. The first kappa shape index (κ1) is 14.4.